The SMILES string of the molecule is COC(=O)CCCCS(C)(=O)=NC(=O)c1cnc(N)c(C#Cc2cccc(NC(=O)c3cc(C(F)(F)F)c(Cl)cc3F)c2)c1. The number of nitrogens with one attached hydrogen (secondary N) is 1. The second kappa shape index (κ2) is 14.3. The number of halogens is 5. The first-order chi connectivity index (χ1) is 20.6. The number of anilines is 2. The van der Waals surface area contributed by atoms with Crippen LogP contribution in [0.4, 0.5) is 29.1 Å². The van der Waals surface area contributed by atoms with E-state index in [0.717, 1.165) is 6.20 Å². The third kappa shape index (κ3) is 9.51. The van der Waals surface area contributed by atoms with Crippen molar-refractivity contribution in [3.8, 4) is 11.8 Å². The minimum atomic E-state index is -4.90. The summed E-state index contributed by atoms with van der Waals surface area (Å²) in [6.45, 7) is 0. The first-order valence-corrected chi connectivity index (χ1v) is 15.1. The lowest BCUT2D eigenvalue weighted by molar-refractivity contribution is -0.140. The van der Waals surface area contributed by atoms with E-state index in [-0.39, 0.29) is 34.8 Å². The molecule has 0 bridgehead atoms. The number of nitrogens with two attached hydrogens (primary N) is 1. The molecule has 0 radical (unpaired) electrons. The molecule has 1 atom stereocenters. The molecular formula is C29H25ClF4N4O5S. The second-order valence-electron chi connectivity index (χ2n) is 9.34. The molecule has 1 heterocycles. The van der Waals surface area contributed by atoms with Gasteiger partial charge in [0.15, 0.2) is 0 Å². The minimum Gasteiger partial charge on any atom is -0.469 e. The lowest BCUT2D eigenvalue weighted by Crippen LogP contribution is -2.16. The molecule has 0 spiro atoms. The summed E-state index contributed by atoms with van der Waals surface area (Å²) in [5.41, 5.74) is 4.22. The zero-order valence-electron chi connectivity index (χ0n) is 23.3. The number of ether oxygens (including phenoxy) is 1. The molecule has 9 nitrogen and oxygen atoms in total. The first-order valence-electron chi connectivity index (χ1n) is 12.7. The molecule has 2 aromatic carbocycles. The monoisotopic (exact) mass is 652 g/mol. The highest BCUT2D eigenvalue weighted by molar-refractivity contribution is 7.93. The van der Waals surface area contributed by atoms with Gasteiger partial charge in [-0.05, 0) is 49.2 Å². The maximum absolute atomic E-state index is 14.3. The number of nitrogen functional groups attached to an aromatic ring is 1. The third-order valence-corrected chi connectivity index (χ3v) is 7.80. The topological polar surface area (TPSA) is 141 Å². The van der Waals surface area contributed by atoms with Gasteiger partial charge in [-0.2, -0.15) is 17.5 Å². The molecule has 3 rings (SSSR count). The molecule has 0 aliphatic carbocycles. The van der Waals surface area contributed by atoms with E-state index in [1.807, 2.05) is 0 Å². The molecule has 0 saturated heterocycles. The van der Waals surface area contributed by atoms with Crippen molar-refractivity contribution in [1.29, 1.82) is 0 Å². The third-order valence-electron chi connectivity index (χ3n) is 5.89. The number of methoxy groups -OCH3 is 1. The molecule has 1 unspecified atom stereocenters. The van der Waals surface area contributed by atoms with E-state index in [4.69, 9.17) is 17.3 Å². The molecule has 0 fully saturated rings. The highest BCUT2D eigenvalue weighted by Gasteiger charge is 2.35. The van der Waals surface area contributed by atoms with E-state index < -0.39 is 55.7 Å². The van der Waals surface area contributed by atoms with Crippen LogP contribution in [0.5, 0.6) is 0 Å². The van der Waals surface area contributed by atoms with Gasteiger partial charge in [0, 0.05) is 35.9 Å². The van der Waals surface area contributed by atoms with Gasteiger partial charge in [-0.3, -0.25) is 14.4 Å². The Hall–Kier alpha value is -4.48. The zero-order valence-corrected chi connectivity index (χ0v) is 24.8. The van der Waals surface area contributed by atoms with E-state index >= 15 is 0 Å². The van der Waals surface area contributed by atoms with Crippen molar-refractivity contribution in [2.75, 3.05) is 30.2 Å². The lowest BCUT2D eigenvalue weighted by atomic mass is 10.1. The lowest BCUT2D eigenvalue weighted by Gasteiger charge is -2.12. The highest BCUT2D eigenvalue weighted by atomic mass is 35.5. The van der Waals surface area contributed by atoms with Crippen molar-refractivity contribution >= 4 is 50.6 Å². The number of hydrogen-bond acceptors (Lipinski definition) is 7. The summed E-state index contributed by atoms with van der Waals surface area (Å²) < 4.78 is 74.9. The number of rotatable bonds is 8. The van der Waals surface area contributed by atoms with Gasteiger partial charge in [0.2, 0.25) is 0 Å². The van der Waals surface area contributed by atoms with Crippen LogP contribution in [-0.4, -0.2) is 46.1 Å². The van der Waals surface area contributed by atoms with Crippen LogP contribution >= 0.6 is 11.6 Å². The number of carbonyl (C=O) groups excluding carboxylic acids is 3. The summed E-state index contributed by atoms with van der Waals surface area (Å²) >= 11 is 5.49. The number of hydrogen-bond donors (Lipinski definition) is 2. The Morgan fingerprint density at radius 1 is 1.14 bits per heavy atom. The molecule has 232 valence electrons. The fourth-order valence-corrected chi connectivity index (χ4v) is 5.21. The number of benzene rings is 2. The molecule has 1 aromatic heterocycles. The molecule has 0 aliphatic rings. The Kier molecular flexibility index (Phi) is 11.1. The Morgan fingerprint density at radius 2 is 1.86 bits per heavy atom. The fourth-order valence-electron chi connectivity index (χ4n) is 3.66. The Bertz CT molecular complexity index is 1790. The van der Waals surface area contributed by atoms with E-state index in [1.165, 1.54) is 37.6 Å². The number of esters is 1. The van der Waals surface area contributed by atoms with Gasteiger partial charge < -0.3 is 15.8 Å². The van der Waals surface area contributed by atoms with Gasteiger partial charge >= 0.3 is 12.1 Å². The molecule has 0 aliphatic heterocycles. The van der Waals surface area contributed by atoms with Crippen LogP contribution in [0.3, 0.4) is 0 Å². The van der Waals surface area contributed by atoms with E-state index in [0.29, 0.717) is 30.5 Å². The van der Waals surface area contributed by atoms with E-state index in [9.17, 15) is 36.2 Å². The van der Waals surface area contributed by atoms with Crippen LogP contribution in [0.2, 0.25) is 5.02 Å². The summed E-state index contributed by atoms with van der Waals surface area (Å²) in [5.74, 6) is 2.01. The number of amides is 2. The molecule has 2 amide bonds. The van der Waals surface area contributed by atoms with Gasteiger partial charge in [0.1, 0.15) is 11.6 Å². The molecule has 0 saturated carbocycles. The van der Waals surface area contributed by atoms with Crippen molar-refractivity contribution in [2.24, 2.45) is 4.36 Å². The predicted molar refractivity (Wildman–Crippen MR) is 157 cm³/mol. The highest BCUT2D eigenvalue weighted by Crippen LogP contribution is 2.36. The van der Waals surface area contributed by atoms with E-state index in [1.54, 1.807) is 6.07 Å². The summed E-state index contributed by atoms with van der Waals surface area (Å²) in [5, 5.41) is 1.44. The quantitative estimate of drug-likeness (QED) is 0.137. The Labute approximate surface area is 255 Å². The number of alkyl halides is 3. The van der Waals surface area contributed by atoms with Crippen molar-refractivity contribution < 1.29 is 40.9 Å². The van der Waals surface area contributed by atoms with Crippen LogP contribution in [0, 0.1) is 17.7 Å². The fraction of sp³-hybridized carbons (Fsp3) is 0.241. The van der Waals surface area contributed by atoms with Gasteiger partial charge in [-0.25, -0.2) is 13.6 Å². The summed E-state index contributed by atoms with van der Waals surface area (Å²) in [4.78, 5) is 40.4. The number of unbranched alkanes of at least 4 members (excludes halogenated alkanes) is 1. The van der Waals surface area contributed by atoms with Gasteiger partial charge in [-0.1, -0.05) is 29.5 Å². The number of pyridine rings is 1. The van der Waals surface area contributed by atoms with Gasteiger partial charge in [0.05, 0.1) is 44.1 Å². The summed E-state index contributed by atoms with van der Waals surface area (Å²) in [6.07, 6.45) is -1.44. The standard InChI is InChI=1S/C29H25ClF4N4O5S/c1-43-25(39)8-3-4-11-44(2,42)38-27(40)19-13-18(26(35)36-16-19)10-9-17-6-5-7-20(12-17)37-28(41)21-14-22(29(32,33)34)23(30)15-24(21)31/h5-7,12-16H,3-4,8,11H2,1-2H3,(H2,35,36)(H,37,41). The normalized spacial score (nSPS) is 12.3. The molecule has 44 heavy (non-hydrogen) atoms. The Morgan fingerprint density at radius 3 is 2.55 bits per heavy atom. The van der Waals surface area contributed by atoms with Crippen LogP contribution < -0.4 is 11.1 Å². The zero-order chi connectivity index (χ0) is 32.7. The average molecular weight is 653 g/mol. The summed E-state index contributed by atoms with van der Waals surface area (Å²) in [6, 6.07) is 7.89. The van der Waals surface area contributed by atoms with Crippen LogP contribution in [0.1, 0.15) is 56.7 Å². The van der Waals surface area contributed by atoms with Crippen LogP contribution in [-0.2, 0) is 25.4 Å². The first kappa shape index (κ1) is 34.0. The van der Waals surface area contributed by atoms with Gasteiger partial charge in [-0.15, -0.1) is 0 Å². The Balaban J connectivity index is 1.77. The number of carbonyl (C=O) groups is 3. The van der Waals surface area contributed by atoms with E-state index in [2.05, 4.69) is 31.2 Å². The smallest absolute Gasteiger partial charge is 0.417 e. The molecule has 3 N–H and O–H groups in total. The van der Waals surface area contributed by atoms with Crippen molar-refractivity contribution in [1.82, 2.24) is 4.98 Å². The van der Waals surface area contributed by atoms with Crippen molar-refractivity contribution in [3.05, 3.63) is 87.3 Å². The second-order valence-corrected chi connectivity index (χ2v) is 12.3. The largest absolute Gasteiger partial charge is 0.469 e. The maximum atomic E-state index is 14.3. The van der Waals surface area contributed by atoms with Crippen molar-refractivity contribution in [3.63, 3.8) is 0 Å². The number of nitrogens with zero attached hydrogens (tertiary/aromatic N) is 2. The summed E-state index contributed by atoms with van der Waals surface area (Å²) in [7, 11) is -1.64. The average Bonchev–Trinajstić information content (AvgIpc) is 2.94. The predicted octanol–water partition coefficient (Wildman–Crippen LogP) is 5.71. The van der Waals surface area contributed by atoms with Crippen LogP contribution in [0.25, 0.3) is 0 Å². The van der Waals surface area contributed by atoms with Gasteiger partial charge in [0.25, 0.3) is 11.8 Å². The molecule has 15 heteroatoms. The minimum absolute atomic E-state index is 0.0165. The molecular weight excluding hydrogens is 628 g/mol. The van der Waals surface area contributed by atoms with Crippen LogP contribution in [0.15, 0.2) is 53.0 Å². The van der Waals surface area contributed by atoms with Crippen molar-refractivity contribution in [2.45, 2.75) is 25.4 Å². The molecule has 3 aromatic rings. The maximum Gasteiger partial charge on any atom is 0.417 e. The number of aromatic nitrogens is 1.